The maximum absolute atomic E-state index is 11.0. The fourth-order valence-electron chi connectivity index (χ4n) is 1.11. The molecule has 0 radical (unpaired) electrons. The molecule has 1 heterocycles. The van der Waals surface area contributed by atoms with E-state index >= 15 is 0 Å². The first-order chi connectivity index (χ1) is 5.52. The normalized spacial score (nSPS) is 9.92. The fourth-order valence-corrected chi connectivity index (χ4v) is 1.11. The largest absolute Gasteiger partial charge is 0.350 e. The number of H-pyrrole nitrogens is 1. The van der Waals surface area contributed by atoms with Gasteiger partial charge in [0.05, 0.1) is 11.4 Å². The number of hydrogen-bond acceptors (Lipinski definition) is 2. The second-order valence-electron chi connectivity index (χ2n) is 2.85. The van der Waals surface area contributed by atoms with Crippen molar-refractivity contribution in [1.29, 1.82) is 0 Å². The van der Waals surface area contributed by atoms with Crippen LogP contribution < -0.4 is 0 Å². The number of nitrogens with one attached hydrogen (secondary N) is 1. The van der Waals surface area contributed by atoms with Crippen molar-refractivity contribution in [3.63, 3.8) is 0 Å². The van der Waals surface area contributed by atoms with Gasteiger partial charge in [0.1, 0.15) is 0 Å². The van der Waals surface area contributed by atoms with Crippen molar-refractivity contribution in [3.8, 4) is 0 Å². The Morgan fingerprint density at radius 2 is 1.83 bits per heavy atom. The number of carbonyl (C=O) groups excluding carboxylic acids is 2. The summed E-state index contributed by atoms with van der Waals surface area (Å²) < 4.78 is 0. The molecule has 0 aliphatic heterocycles. The maximum atomic E-state index is 11.0. The van der Waals surface area contributed by atoms with Crippen LogP contribution in [0.15, 0.2) is 6.07 Å². The van der Waals surface area contributed by atoms with Crippen molar-refractivity contribution in [3.05, 3.63) is 23.0 Å². The van der Waals surface area contributed by atoms with Crippen LogP contribution in [0.4, 0.5) is 0 Å². The molecule has 0 aromatic carbocycles. The molecule has 0 saturated carbocycles. The van der Waals surface area contributed by atoms with E-state index in [1.807, 2.05) is 0 Å². The Morgan fingerprint density at radius 1 is 1.25 bits per heavy atom. The SMILES string of the molecule is CC(=O)c1cc(C)c(C(C)=O)[nH]1. The molecule has 0 saturated heterocycles. The number of aromatic nitrogens is 1. The van der Waals surface area contributed by atoms with Crippen LogP contribution in [0.25, 0.3) is 0 Å². The highest BCUT2D eigenvalue weighted by atomic mass is 16.1. The van der Waals surface area contributed by atoms with Gasteiger partial charge in [-0.1, -0.05) is 0 Å². The summed E-state index contributed by atoms with van der Waals surface area (Å²) in [6.45, 7) is 4.75. The van der Waals surface area contributed by atoms with Crippen LogP contribution >= 0.6 is 0 Å². The Hall–Kier alpha value is -1.38. The van der Waals surface area contributed by atoms with E-state index in [4.69, 9.17) is 0 Å². The predicted molar refractivity (Wildman–Crippen MR) is 45.5 cm³/mol. The summed E-state index contributed by atoms with van der Waals surface area (Å²) in [7, 11) is 0. The molecule has 64 valence electrons. The van der Waals surface area contributed by atoms with Crippen LogP contribution in [0.3, 0.4) is 0 Å². The van der Waals surface area contributed by atoms with E-state index in [0.717, 1.165) is 5.56 Å². The van der Waals surface area contributed by atoms with Crippen LogP contribution in [0.5, 0.6) is 0 Å². The highest BCUT2D eigenvalue weighted by Gasteiger charge is 2.10. The Balaban J connectivity index is 3.17. The quantitative estimate of drug-likeness (QED) is 0.678. The molecule has 0 aliphatic carbocycles. The van der Waals surface area contributed by atoms with Gasteiger partial charge in [0.25, 0.3) is 0 Å². The van der Waals surface area contributed by atoms with E-state index in [9.17, 15) is 9.59 Å². The Labute approximate surface area is 70.8 Å². The molecule has 3 heteroatoms. The number of aromatic amines is 1. The molecule has 0 atom stereocenters. The molecule has 0 spiro atoms. The molecule has 0 bridgehead atoms. The summed E-state index contributed by atoms with van der Waals surface area (Å²) in [5.41, 5.74) is 1.85. The molecule has 12 heavy (non-hydrogen) atoms. The molecule has 1 aromatic rings. The molecule has 0 aliphatic rings. The highest BCUT2D eigenvalue weighted by Crippen LogP contribution is 2.10. The second-order valence-corrected chi connectivity index (χ2v) is 2.85. The number of carbonyl (C=O) groups is 2. The van der Waals surface area contributed by atoms with Gasteiger partial charge in [-0.2, -0.15) is 0 Å². The molecular formula is C9H11NO2. The fraction of sp³-hybridized carbons (Fsp3) is 0.333. The highest BCUT2D eigenvalue weighted by molar-refractivity contribution is 5.98. The monoisotopic (exact) mass is 165 g/mol. The third-order valence-electron chi connectivity index (χ3n) is 1.75. The lowest BCUT2D eigenvalue weighted by Crippen LogP contribution is -1.97. The molecule has 1 aromatic heterocycles. The van der Waals surface area contributed by atoms with E-state index in [1.165, 1.54) is 13.8 Å². The summed E-state index contributed by atoms with van der Waals surface area (Å²) in [5.74, 6) is -0.0920. The molecule has 1 rings (SSSR count). The predicted octanol–water partition coefficient (Wildman–Crippen LogP) is 1.73. The minimum atomic E-state index is -0.0504. The molecule has 3 nitrogen and oxygen atoms in total. The summed E-state index contributed by atoms with van der Waals surface area (Å²) >= 11 is 0. The number of ketones is 2. The number of Topliss-reactive ketones (excluding diaryl/α,β-unsaturated/α-hetero) is 2. The zero-order valence-electron chi connectivity index (χ0n) is 7.39. The van der Waals surface area contributed by atoms with Crippen LogP contribution in [0.1, 0.15) is 40.4 Å². The third kappa shape index (κ3) is 1.44. The zero-order chi connectivity index (χ0) is 9.30. The molecular weight excluding hydrogens is 154 g/mol. The Kier molecular flexibility index (Phi) is 2.13. The molecule has 1 N–H and O–H groups in total. The van der Waals surface area contributed by atoms with Crippen molar-refractivity contribution >= 4 is 11.6 Å². The average Bonchev–Trinajstić information content (AvgIpc) is 2.30. The molecule has 0 amide bonds. The van der Waals surface area contributed by atoms with Crippen LogP contribution in [0.2, 0.25) is 0 Å². The first-order valence-electron chi connectivity index (χ1n) is 3.74. The topological polar surface area (TPSA) is 49.9 Å². The van der Waals surface area contributed by atoms with Crippen molar-refractivity contribution in [2.75, 3.05) is 0 Å². The first-order valence-corrected chi connectivity index (χ1v) is 3.74. The van der Waals surface area contributed by atoms with Gasteiger partial charge in [-0.05, 0) is 18.6 Å². The summed E-state index contributed by atoms with van der Waals surface area (Å²) in [6.07, 6.45) is 0. The van der Waals surface area contributed by atoms with E-state index in [0.29, 0.717) is 11.4 Å². The Morgan fingerprint density at radius 3 is 2.08 bits per heavy atom. The third-order valence-corrected chi connectivity index (χ3v) is 1.75. The minimum Gasteiger partial charge on any atom is -0.350 e. The summed E-state index contributed by atoms with van der Waals surface area (Å²) in [6, 6.07) is 1.69. The van der Waals surface area contributed by atoms with Crippen molar-refractivity contribution in [2.24, 2.45) is 0 Å². The van der Waals surface area contributed by atoms with E-state index in [-0.39, 0.29) is 11.6 Å². The number of rotatable bonds is 2. The summed E-state index contributed by atoms with van der Waals surface area (Å²) in [5, 5.41) is 0. The molecule has 0 unspecified atom stereocenters. The zero-order valence-corrected chi connectivity index (χ0v) is 7.39. The number of hydrogen-bond donors (Lipinski definition) is 1. The molecule has 0 fully saturated rings. The minimum absolute atomic E-state index is 0.0417. The van der Waals surface area contributed by atoms with Gasteiger partial charge in [-0.15, -0.1) is 0 Å². The van der Waals surface area contributed by atoms with Gasteiger partial charge in [-0.3, -0.25) is 9.59 Å². The van der Waals surface area contributed by atoms with Crippen LogP contribution in [-0.4, -0.2) is 16.6 Å². The maximum Gasteiger partial charge on any atom is 0.176 e. The van der Waals surface area contributed by atoms with Gasteiger partial charge in [0, 0.05) is 13.8 Å². The average molecular weight is 165 g/mol. The van der Waals surface area contributed by atoms with E-state index in [1.54, 1.807) is 13.0 Å². The van der Waals surface area contributed by atoms with Gasteiger partial charge < -0.3 is 4.98 Å². The second kappa shape index (κ2) is 2.93. The van der Waals surface area contributed by atoms with Gasteiger partial charge in [0.15, 0.2) is 11.6 Å². The van der Waals surface area contributed by atoms with Crippen molar-refractivity contribution < 1.29 is 9.59 Å². The lowest BCUT2D eigenvalue weighted by atomic mass is 10.2. The first kappa shape index (κ1) is 8.71. The van der Waals surface area contributed by atoms with Crippen LogP contribution in [0, 0.1) is 6.92 Å². The lowest BCUT2D eigenvalue weighted by Gasteiger charge is -1.90. The van der Waals surface area contributed by atoms with Crippen molar-refractivity contribution in [2.45, 2.75) is 20.8 Å². The lowest BCUT2D eigenvalue weighted by molar-refractivity contribution is 0.101. The van der Waals surface area contributed by atoms with Crippen molar-refractivity contribution in [1.82, 2.24) is 4.98 Å². The van der Waals surface area contributed by atoms with Gasteiger partial charge >= 0.3 is 0 Å². The number of aryl methyl sites for hydroxylation is 1. The smallest absolute Gasteiger partial charge is 0.176 e. The summed E-state index contributed by atoms with van der Waals surface area (Å²) in [4.78, 5) is 24.6. The standard InChI is InChI=1S/C9H11NO2/c1-5-4-8(6(2)11)10-9(5)7(3)12/h4,10H,1-3H3. The van der Waals surface area contributed by atoms with E-state index < -0.39 is 0 Å². The van der Waals surface area contributed by atoms with Crippen LogP contribution in [-0.2, 0) is 0 Å². The van der Waals surface area contributed by atoms with Gasteiger partial charge in [-0.25, -0.2) is 0 Å². The van der Waals surface area contributed by atoms with Gasteiger partial charge in [0.2, 0.25) is 0 Å². The Bertz CT molecular complexity index is 336. The van der Waals surface area contributed by atoms with E-state index in [2.05, 4.69) is 4.98 Å².